The van der Waals surface area contributed by atoms with Crippen LogP contribution in [0, 0.1) is 25.5 Å². The van der Waals surface area contributed by atoms with Crippen LogP contribution < -0.4 is 4.90 Å². The molecule has 2 saturated heterocycles. The van der Waals surface area contributed by atoms with E-state index in [1.807, 2.05) is 19.9 Å². The molecule has 0 N–H and O–H groups in total. The number of nitrogens with zero attached hydrogens (tertiary/aromatic N) is 6. The second-order valence-corrected chi connectivity index (χ2v) is 10.7. The highest BCUT2D eigenvalue weighted by Crippen LogP contribution is 2.38. The molecule has 0 amide bonds. The molecule has 0 saturated carbocycles. The zero-order chi connectivity index (χ0) is 26.0. The van der Waals surface area contributed by atoms with Gasteiger partial charge in [-0.1, -0.05) is 11.6 Å². The predicted molar refractivity (Wildman–Crippen MR) is 142 cm³/mol. The van der Waals surface area contributed by atoms with Gasteiger partial charge in [0.2, 0.25) is 0 Å². The van der Waals surface area contributed by atoms with Crippen molar-refractivity contribution in [3.05, 3.63) is 64.4 Å². The van der Waals surface area contributed by atoms with E-state index in [2.05, 4.69) is 38.6 Å². The third-order valence-electron chi connectivity index (χ3n) is 7.55. The van der Waals surface area contributed by atoms with Gasteiger partial charge in [-0.05, 0) is 70.5 Å². The van der Waals surface area contributed by atoms with E-state index in [1.54, 1.807) is 18.2 Å². The fourth-order valence-electron chi connectivity index (χ4n) is 5.63. The second kappa shape index (κ2) is 8.96. The molecule has 2 fully saturated rings. The van der Waals surface area contributed by atoms with Crippen LogP contribution >= 0.6 is 11.6 Å². The summed E-state index contributed by atoms with van der Waals surface area (Å²) in [6.07, 6.45) is 1.07. The maximum atomic E-state index is 15.0. The fourth-order valence-corrected chi connectivity index (χ4v) is 5.78. The SMILES string of the molecule is Cc1nc2nc(-c3cc(F)cc(N4CC5CC4CN5C(C)C)c3)nc(-c3ccc(Cl)cc3F)c2nc1C. The van der Waals surface area contributed by atoms with Gasteiger partial charge in [-0.15, -0.1) is 0 Å². The molecule has 37 heavy (non-hydrogen) atoms. The van der Waals surface area contributed by atoms with E-state index in [0.29, 0.717) is 51.9 Å². The first kappa shape index (κ1) is 24.1. The molecule has 190 valence electrons. The van der Waals surface area contributed by atoms with Crippen LogP contribution in [0.4, 0.5) is 14.5 Å². The van der Waals surface area contributed by atoms with Gasteiger partial charge in [0.05, 0.1) is 11.4 Å². The highest BCUT2D eigenvalue weighted by Gasteiger charge is 2.44. The molecule has 6 rings (SSSR count). The number of hydrogen-bond donors (Lipinski definition) is 0. The van der Waals surface area contributed by atoms with Gasteiger partial charge >= 0.3 is 0 Å². The van der Waals surface area contributed by atoms with Gasteiger partial charge < -0.3 is 4.90 Å². The Balaban J connectivity index is 1.48. The van der Waals surface area contributed by atoms with Gasteiger partial charge in [0.25, 0.3) is 0 Å². The van der Waals surface area contributed by atoms with Gasteiger partial charge in [0, 0.05) is 53.1 Å². The van der Waals surface area contributed by atoms with Crippen LogP contribution in [0.1, 0.15) is 31.7 Å². The van der Waals surface area contributed by atoms with Crippen LogP contribution in [0.5, 0.6) is 0 Å². The Hall–Kier alpha value is -3.23. The lowest BCUT2D eigenvalue weighted by Gasteiger charge is -2.37. The number of fused-ring (bicyclic) bond motifs is 3. The molecule has 4 aromatic rings. The Morgan fingerprint density at radius 3 is 2.41 bits per heavy atom. The Labute approximate surface area is 219 Å². The highest BCUT2D eigenvalue weighted by atomic mass is 35.5. The lowest BCUT2D eigenvalue weighted by molar-refractivity contribution is 0.191. The largest absolute Gasteiger partial charge is 0.366 e. The van der Waals surface area contributed by atoms with Crippen LogP contribution in [0.25, 0.3) is 33.8 Å². The van der Waals surface area contributed by atoms with E-state index in [4.69, 9.17) is 16.6 Å². The van der Waals surface area contributed by atoms with Crippen LogP contribution in [0.2, 0.25) is 5.02 Å². The summed E-state index contributed by atoms with van der Waals surface area (Å²) in [4.78, 5) is 23.4. The van der Waals surface area contributed by atoms with E-state index in [0.717, 1.165) is 25.2 Å². The molecule has 9 heteroatoms. The quantitative estimate of drug-likeness (QED) is 0.330. The molecule has 2 aromatic heterocycles. The maximum Gasteiger partial charge on any atom is 0.182 e. The Kier molecular flexibility index (Phi) is 5.84. The first-order chi connectivity index (χ1) is 17.7. The Morgan fingerprint density at radius 2 is 1.70 bits per heavy atom. The van der Waals surface area contributed by atoms with Gasteiger partial charge in [-0.25, -0.2) is 28.7 Å². The third kappa shape index (κ3) is 4.22. The number of piperazine rings is 1. The van der Waals surface area contributed by atoms with Gasteiger partial charge in [-0.2, -0.15) is 0 Å². The van der Waals surface area contributed by atoms with Gasteiger partial charge in [-0.3, -0.25) is 4.90 Å². The molecule has 4 heterocycles. The molecule has 0 spiro atoms. The summed E-state index contributed by atoms with van der Waals surface area (Å²) in [5.74, 6) is -0.630. The van der Waals surface area contributed by atoms with Gasteiger partial charge in [0.1, 0.15) is 22.8 Å². The van der Waals surface area contributed by atoms with Crippen molar-refractivity contribution in [2.24, 2.45) is 0 Å². The predicted octanol–water partition coefficient (Wildman–Crippen LogP) is 5.97. The van der Waals surface area contributed by atoms with Gasteiger partial charge in [0.15, 0.2) is 11.5 Å². The molecule has 2 aliphatic rings. The molecule has 2 atom stereocenters. The van der Waals surface area contributed by atoms with E-state index in [-0.39, 0.29) is 22.2 Å². The van der Waals surface area contributed by atoms with Crippen molar-refractivity contribution >= 4 is 28.5 Å². The summed E-state index contributed by atoms with van der Waals surface area (Å²) < 4.78 is 30.0. The number of likely N-dealkylation sites (tertiary alicyclic amines) is 1. The number of rotatable bonds is 4. The minimum atomic E-state index is -0.527. The first-order valence-electron chi connectivity index (χ1n) is 12.5. The number of aromatic nitrogens is 4. The van der Waals surface area contributed by atoms with E-state index < -0.39 is 5.82 Å². The van der Waals surface area contributed by atoms with Crippen molar-refractivity contribution in [2.75, 3.05) is 18.0 Å². The topological polar surface area (TPSA) is 58.0 Å². The molecular formula is C28H27ClF2N6. The Bertz CT molecular complexity index is 1540. The third-order valence-corrected chi connectivity index (χ3v) is 7.78. The summed E-state index contributed by atoms with van der Waals surface area (Å²) in [6, 6.07) is 10.6. The monoisotopic (exact) mass is 520 g/mol. The number of hydrogen-bond acceptors (Lipinski definition) is 6. The minimum absolute atomic E-state index is 0.234. The van der Waals surface area contributed by atoms with Crippen molar-refractivity contribution in [1.29, 1.82) is 0 Å². The first-order valence-corrected chi connectivity index (χ1v) is 12.9. The molecule has 0 radical (unpaired) electrons. The average molecular weight is 521 g/mol. The zero-order valence-electron chi connectivity index (χ0n) is 21.1. The average Bonchev–Trinajstić information content (AvgIpc) is 3.46. The number of benzene rings is 2. The summed E-state index contributed by atoms with van der Waals surface area (Å²) in [6.45, 7) is 9.94. The number of halogens is 3. The Morgan fingerprint density at radius 1 is 0.919 bits per heavy atom. The molecular weight excluding hydrogens is 494 g/mol. The van der Waals surface area contributed by atoms with Crippen LogP contribution in [-0.2, 0) is 0 Å². The van der Waals surface area contributed by atoms with E-state index in [9.17, 15) is 4.39 Å². The lowest BCUT2D eigenvalue weighted by atomic mass is 10.1. The van der Waals surface area contributed by atoms with Crippen molar-refractivity contribution < 1.29 is 8.78 Å². The lowest BCUT2D eigenvalue weighted by Crippen LogP contribution is -2.49. The van der Waals surface area contributed by atoms with Crippen molar-refractivity contribution in [2.45, 2.75) is 52.2 Å². The second-order valence-electron chi connectivity index (χ2n) is 10.3. The molecule has 6 nitrogen and oxygen atoms in total. The van der Waals surface area contributed by atoms with Crippen LogP contribution in [-0.4, -0.2) is 56.1 Å². The zero-order valence-corrected chi connectivity index (χ0v) is 21.9. The minimum Gasteiger partial charge on any atom is -0.366 e. The summed E-state index contributed by atoms with van der Waals surface area (Å²) in [5.41, 5.74) is 3.97. The molecule has 2 aliphatic heterocycles. The molecule has 2 unspecified atom stereocenters. The smallest absolute Gasteiger partial charge is 0.182 e. The van der Waals surface area contributed by atoms with Crippen molar-refractivity contribution in [1.82, 2.24) is 24.8 Å². The maximum absolute atomic E-state index is 15.0. The van der Waals surface area contributed by atoms with Crippen LogP contribution in [0.3, 0.4) is 0 Å². The number of aryl methyl sites for hydroxylation is 2. The van der Waals surface area contributed by atoms with Crippen molar-refractivity contribution in [3.63, 3.8) is 0 Å². The van der Waals surface area contributed by atoms with Crippen LogP contribution in [0.15, 0.2) is 36.4 Å². The molecule has 0 aliphatic carbocycles. The highest BCUT2D eigenvalue weighted by molar-refractivity contribution is 6.30. The molecule has 2 aromatic carbocycles. The van der Waals surface area contributed by atoms with E-state index >= 15 is 4.39 Å². The summed E-state index contributed by atoms with van der Waals surface area (Å²) >= 11 is 6.00. The summed E-state index contributed by atoms with van der Waals surface area (Å²) in [7, 11) is 0. The normalized spacial score (nSPS) is 19.5. The molecule has 2 bridgehead atoms. The fraction of sp³-hybridized carbons (Fsp3) is 0.357. The summed E-state index contributed by atoms with van der Waals surface area (Å²) in [5, 5.41) is 0.281. The van der Waals surface area contributed by atoms with E-state index in [1.165, 1.54) is 12.1 Å². The van der Waals surface area contributed by atoms with Crippen molar-refractivity contribution in [3.8, 4) is 22.6 Å². The standard InChI is InChI=1S/C28H27ClF2N6/c1-14(2)36-12-22-11-21(36)13-37(22)20-8-17(7-19(30)10-20)27-34-25(23-6-5-18(29)9-24(23)31)26-28(35-27)33-16(4)15(3)32-26/h5-10,14,21-22H,11-13H2,1-4H3. The number of anilines is 1.